The molecule has 0 saturated carbocycles. The number of amides is 1. The van der Waals surface area contributed by atoms with Crippen LogP contribution in [0, 0.1) is 0 Å². The van der Waals surface area contributed by atoms with E-state index in [0.717, 1.165) is 17.0 Å². The monoisotopic (exact) mass is 446 g/mol. The molecule has 30 heavy (non-hydrogen) atoms. The van der Waals surface area contributed by atoms with Gasteiger partial charge in [0.05, 0.1) is 38.2 Å². The molecule has 2 fully saturated rings. The molecule has 2 saturated heterocycles. The van der Waals surface area contributed by atoms with Crippen LogP contribution in [0.1, 0.15) is 5.56 Å². The average Bonchev–Trinajstić information content (AvgIpc) is 3.19. The molecule has 9 heteroatoms. The first-order valence-electron chi connectivity index (χ1n) is 9.43. The van der Waals surface area contributed by atoms with Crippen LogP contribution in [0.2, 0.25) is 0 Å². The van der Waals surface area contributed by atoms with Crippen LogP contribution in [0.15, 0.2) is 53.5 Å². The van der Waals surface area contributed by atoms with Gasteiger partial charge in [-0.1, -0.05) is 30.0 Å². The molecule has 2 aliphatic rings. The van der Waals surface area contributed by atoms with Crippen LogP contribution in [-0.4, -0.2) is 56.5 Å². The van der Waals surface area contributed by atoms with Crippen molar-refractivity contribution in [1.29, 1.82) is 0 Å². The Balaban J connectivity index is 1.62. The molecule has 0 aliphatic carbocycles. The van der Waals surface area contributed by atoms with Gasteiger partial charge >= 0.3 is 0 Å². The van der Waals surface area contributed by atoms with Crippen LogP contribution in [0.3, 0.4) is 0 Å². The summed E-state index contributed by atoms with van der Waals surface area (Å²) < 4.78 is 34.8. The molecule has 2 aliphatic heterocycles. The van der Waals surface area contributed by atoms with E-state index in [-0.39, 0.29) is 35.1 Å². The van der Waals surface area contributed by atoms with Crippen molar-refractivity contribution in [2.45, 2.75) is 17.7 Å². The number of fused-ring (bicyclic) bond motifs is 1. The molecule has 7 nitrogen and oxygen atoms in total. The zero-order valence-corrected chi connectivity index (χ0v) is 18.3. The lowest BCUT2D eigenvalue weighted by Crippen LogP contribution is -2.37. The molecular weight excluding hydrogens is 424 g/mol. The number of methoxy groups -OCH3 is 2. The number of thioether (sulfide) groups is 1. The van der Waals surface area contributed by atoms with Gasteiger partial charge in [0.2, 0.25) is 0 Å². The fourth-order valence-electron chi connectivity index (χ4n) is 3.69. The Morgan fingerprint density at radius 2 is 1.83 bits per heavy atom. The van der Waals surface area contributed by atoms with Crippen molar-refractivity contribution in [3.8, 4) is 11.5 Å². The van der Waals surface area contributed by atoms with Crippen LogP contribution in [0.25, 0.3) is 0 Å². The largest absolute Gasteiger partial charge is 0.497 e. The van der Waals surface area contributed by atoms with Crippen LogP contribution < -0.4 is 14.4 Å². The standard InChI is InChI=1S/C21H22N2O5S2/c1-27-16-8-6-14(7-9-16)10-20(24)22-21-23(15-4-3-5-17(11-15)28-2)18-12-30(25,26)13-19(18)29-21/h3-9,11,18-19H,10,12-13H2,1-2H3/t18-,19-/m0/s1. The normalized spacial score (nSPS) is 23.4. The number of amidine groups is 1. The minimum atomic E-state index is -3.11. The molecule has 0 aromatic heterocycles. The quantitative estimate of drug-likeness (QED) is 0.698. The zero-order valence-electron chi connectivity index (χ0n) is 16.6. The zero-order chi connectivity index (χ0) is 21.3. The van der Waals surface area contributed by atoms with Crippen molar-refractivity contribution in [2.24, 2.45) is 4.99 Å². The summed E-state index contributed by atoms with van der Waals surface area (Å²) in [5.74, 6) is 1.24. The number of ether oxygens (including phenoxy) is 2. The van der Waals surface area contributed by atoms with Gasteiger partial charge in [-0.05, 0) is 29.8 Å². The minimum Gasteiger partial charge on any atom is -0.497 e. The van der Waals surface area contributed by atoms with E-state index in [1.807, 2.05) is 41.3 Å². The highest BCUT2D eigenvalue weighted by Gasteiger charge is 2.49. The summed E-state index contributed by atoms with van der Waals surface area (Å²) in [4.78, 5) is 18.9. The number of carbonyl (C=O) groups excluding carboxylic acids is 1. The predicted octanol–water partition coefficient (Wildman–Crippen LogP) is 2.55. The van der Waals surface area contributed by atoms with Gasteiger partial charge in [0.25, 0.3) is 5.91 Å². The van der Waals surface area contributed by atoms with E-state index in [4.69, 9.17) is 9.47 Å². The maximum Gasteiger partial charge on any atom is 0.252 e. The van der Waals surface area contributed by atoms with Crippen molar-refractivity contribution < 1.29 is 22.7 Å². The van der Waals surface area contributed by atoms with Crippen LogP contribution in [0.4, 0.5) is 5.69 Å². The summed E-state index contributed by atoms with van der Waals surface area (Å²) in [6, 6.07) is 14.4. The van der Waals surface area contributed by atoms with Gasteiger partial charge in [-0.3, -0.25) is 4.79 Å². The van der Waals surface area contributed by atoms with Crippen LogP contribution in [0.5, 0.6) is 11.5 Å². The maximum absolute atomic E-state index is 12.7. The molecule has 158 valence electrons. The van der Waals surface area contributed by atoms with Gasteiger partial charge < -0.3 is 14.4 Å². The van der Waals surface area contributed by atoms with Gasteiger partial charge in [0, 0.05) is 17.0 Å². The molecule has 0 radical (unpaired) electrons. The number of hydrogen-bond donors (Lipinski definition) is 0. The molecule has 0 N–H and O–H groups in total. The second-order valence-electron chi connectivity index (χ2n) is 7.19. The van der Waals surface area contributed by atoms with Crippen molar-refractivity contribution in [3.63, 3.8) is 0 Å². The molecule has 2 aromatic carbocycles. The Bertz CT molecular complexity index is 1080. The predicted molar refractivity (Wildman–Crippen MR) is 118 cm³/mol. The number of rotatable bonds is 5. The van der Waals surface area contributed by atoms with E-state index >= 15 is 0 Å². The number of sulfone groups is 1. The topological polar surface area (TPSA) is 85.3 Å². The highest BCUT2D eigenvalue weighted by Crippen LogP contribution is 2.41. The molecule has 4 rings (SSSR count). The van der Waals surface area contributed by atoms with Crippen LogP contribution >= 0.6 is 11.8 Å². The molecule has 2 heterocycles. The Morgan fingerprint density at radius 1 is 1.10 bits per heavy atom. The molecule has 0 bridgehead atoms. The van der Waals surface area contributed by atoms with Gasteiger partial charge in [0.15, 0.2) is 15.0 Å². The summed E-state index contributed by atoms with van der Waals surface area (Å²) >= 11 is 1.36. The summed E-state index contributed by atoms with van der Waals surface area (Å²) in [7, 11) is 0.0537. The van der Waals surface area contributed by atoms with Gasteiger partial charge in [-0.15, -0.1) is 0 Å². The third-order valence-electron chi connectivity index (χ3n) is 5.13. The Kier molecular flexibility index (Phi) is 5.75. The Morgan fingerprint density at radius 3 is 2.53 bits per heavy atom. The first kappa shape index (κ1) is 20.7. The third-order valence-corrected chi connectivity index (χ3v) is 8.34. The van der Waals surface area contributed by atoms with E-state index in [0.29, 0.717) is 10.9 Å². The summed E-state index contributed by atoms with van der Waals surface area (Å²) in [5.41, 5.74) is 1.60. The molecular formula is C21H22N2O5S2. The third kappa shape index (κ3) is 4.32. The summed E-state index contributed by atoms with van der Waals surface area (Å²) in [6.07, 6.45) is 0.160. The number of aliphatic imine (C=N–C) groups is 1. The van der Waals surface area contributed by atoms with Gasteiger partial charge in [-0.25, -0.2) is 8.42 Å². The number of nitrogens with zero attached hydrogens (tertiary/aromatic N) is 2. The fourth-order valence-corrected chi connectivity index (χ4v) is 7.62. The van der Waals surface area contributed by atoms with Crippen molar-refractivity contribution >= 4 is 38.4 Å². The molecule has 2 aromatic rings. The van der Waals surface area contributed by atoms with Gasteiger partial charge in [0.1, 0.15) is 11.5 Å². The Hall–Kier alpha value is -2.52. The number of carbonyl (C=O) groups is 1. The van der Waals surface area contributed by atoms with E-state index in [9.17, 15) is 13.2 Å². The lowest BCUT2D eigenvalue weighted by Gasteiger charge is -2.24. The summed E-state index contributed by atoms with van der Waals surface area (Å²) in [5, 5.41) is 0.389. The first-order chi connectivity index (χ1) is 14.4. The van der Waals surface area contributed by atoms with E-state index in [1.54, 1.807) is 26.4 Å². The molecule has 0 spiro atoms. The molecule has 1 amide bonds. The SMILES string of the molecule is COc1ccc(CC(=O)N=C2S[C@H]3CS(=O)(=O)C[C@@H]3N2c2cccc(OC)c2)cc1. The number of hydrogen-bond acceptors (Lipinski definition) is 6. The van der Waals surface area contributed by atoms with Crippen molar-refractivity contribution in [3.05, 3.63) is 54.1 Å². The van der Waals surface area contributed by atoms with Crippen LogP contribution in [-0.2, 0) is 21.1 Å². The van der Waals surface area contributed by atoms with E-state index in [1.165, 1.54) is 11.8 Å². The first-order valence-corrected chi connectivity index (χ1v) is 12.1. The lowest BCUT2D eigenvalue weighted by atomic mass is 10.1. The highest BCUT2D eigenvalue weighted by atomic mass is 32.2. The van der Waals surface area contributed by atoms with Crippen molar-refractivity contribution in [1.82, 2.24) is 0 Å². The second-order valence-corrected chi connectivity index (χ2v) is 10.5. The second kappa shape index (κ2) is 8.31. The van der Waals surface area contributed by atoms with E-state index < -0.39 is 9.84 Å². The average molecular weight is 447 g/mol. The highest BCUT2D eigenvalue weighted by molar-refractivity contribution is 8.16. The van der Waals surface area contributed by atoms with Gasteiger partial charge in [-0.2, -0.15) is 4.99 Å². The molecule has 0 unspecified atom stereocenters. The summed E-state index contributed by atoms with van der Waals surface area (Å²) in [6.45, 7) is 0. The van der Waals surface area contributed by atoms with Crippen molar-refractivity contribution in [2.75, 3.05) is 30.6 Å². The minimum absolute atomic E-state index is 0.0492. The lowest BCUT2D eigenvalue weighted by molar-refractivity contribution is -0.117. The number of benzene rings is 2. The Labute approximate surface area is 180 Å². The number of anilines is 1. The van der Waals surface area contributed by atoms with E-state index in [2.05, 4.69) is 4.99 Å². The maximum atomic E-state index is 12.7. The smallest absolute Gasteiger partial charge is 0.252 e. The fraction of sp³-hybridized carbons (Fsp3) is 0.333. The molecule has 2 atom stereocenters.